The molecule has 21 heavy (non-hydrogen) atoms. The zero-order valence-corrected chi connectivity index (χ0v) is 13.5. The highest BCUT2D eigenvalue weighted by molar-refractivity contribution is 7.73. The van der Waals surface area contributed by atoms with E-state index in [2.05, 4.69) is 15.2 Å². The van der Waals surface area contributed by atoms with Crippen molar-refractivity contribution in [3.05, 3.63) is 32.5 Å². The highest BCUT2D eigenvalue weighted by atomic mass is 32.1. The van der Waals surface area contributed by atoms with Gasteiger partial charge in [-0.1, -0.05) is 0 Å². The summed E-state index contributed by atoms with van der Waals surface area (Å²) < 4.78 is 0.736. The van der Waals surface area contributed by atoms with Crippen LogP contribution in [0.1, 0.15) is 41.4 Å². The fraction of sp³-hybridized carbons (Fsp3) is 0.500. The van der Waals surface area contributed by atoms with E-state index >= 15 is 0 Å². The number of carbonyl (C=O) groups excluding carboxylic acids is 1. The third-order valence-electron chi connectivity index (χ3n) is 3.96. The number of amides is 1. The van der Waals surface area contributed by atoms with Crippen LogP contribution in [0.25, 0.3) is 0 Å². The van der Waals surface area contributed by atoms with Crippen molar-refractivity contribution < 1.29 is 4.79 Å². The Kier molecular flexibility index (Phi) is 4.21. The molecule has 1 fully saturated rings. The summed E-state index contributed by atoms with van der Waals surface area (Å²) in [6.45, 7) is 2.79. The molecule has 0 aromatic carbocycles. The van der Waals surface area contributed by atoms with Gasteiger partial charge in [-0.15, -0.1) is 11.3 Å². The Morgan fingerprint density at radius 1 is 1.57 bits per heavy atom. The van der Waals surface area contributed by atoms with Gasteiger partial charge in [-0.2, -0.15) is 5.10 Å². The van der Waals surface area contributed by atoms with Crippen LogP contribution in [0, 0.1) is 10.9 Å². The lowest BCUT2D eigenvalue weighted by Gasteiger charge is -2.35. The molecular formula is C14H18N4OS2. The van der Waals surface area contributed by atoms with Crippen LogP contribution in [0.5, 0.6) is 0 Å². The van der Waals surface area contributed by atoms with Crippen molar-refractivity contribution in [2.24, 2.45) is 0 Å². The average molecular weight is 322 g/mol. The van der Waals surface area contributed by atoms with Gasteiger partial charge in [0, 0.05) is 28.9 Å². The molecule has 2 aromatic rings. The molecule has 1 atom stereocenters. The van der Waals surface area contributed by atoms with Crippen molar-refractivity contribution in [2.75, 3.05) is 6.54 Å². The quantitative estimate of drug-likeness (QED) is 0.853. The Balaban J connectivity index is 1.78. The summed E-state index contributed by atoms with van der Waals surface area (Å²) in [6, 6.07) is 0.150. The molecule has 2 N–H and O–H groups in total. The number of hydrogen-bond donors (Lipinski definition) is 2. The number of H-pyrrole nitrogens is 2. The predicted molar refractivity (Wildman–Crippen MR) is 84.8 cm³/mol. The lowest BCUT2D eigenvalue weighted by Crippen LogP contribution is -2.39. The minimum absolute atomic E-state index is 0.150. The van der Waals surface area contributed by atoms with Crippen LogP contribution in [0.15, 0.2) is 12.4 Å². The molecule has 0 spiro atoms. The number of aromatic nitrogens is 3. The van der Waals surface area contributed by atoms with Gasteiger partial charge < -0.3 is 9.88 Å². The van der Waals surface area contributed by atoms with E-state index in [1.165, 1.54) is 11.3 Å². The van der Waals surface area contributed by atoms with Crippen molar-refractivity contribution in [3.63, 3.8) is 0 Å². The van der Waals surface area contributed by atoms with Gasteiger partial charge in [-0.25, -0.2) is 0 Å². The van der Waals surface area contributed by atoms with Gasteiger partial charge in [0.25, 0.3) is 0 Å². The molecule has 1 aliphatic rings. The molecular weight excluding hydrogens is 304 g/mol. The fourth-order valence-electron chi connectivity index (χ4n) is 2.86. The van der Waals surface area contributed by atoms with Crippen molar-refractivity contribution in [2.45, 2.75) is 38.6 Å². The molecule has 2 aromatic heterocycles. The third-order valence-corrected chi connectivity index (χ3v) is 5.30. The second-order valence-corrected chi connectivity index (χ2v) is 7.14. The van der Waals surface area contributed by atoms with Crippen LogP contribution in [0.4, 0.5) is 0 Å². The molecule has 112 valence electrons. The van der Waals surface area contributed by atoms with E-state index in [0.29, 0.717) is 6.42 Å². The molecule has 0 bridgehead atoms. The molecule has 3 rings (SSSR count). The van der Waals surface area contributed by atoms with Gasteiger partial charge in [0.15, 0.2) is 3.95 Å². The normalized spacial score (nSPS) is 18.9. The van der Waals surface area contributed by atoms with Gasteiger partial charge in [0.05, 0.1) is 18.7 Å². The number of piperidine rings is 1. The molecule has 1 unspecified atom stereocenters. The Hall–Kier alpha value is -1.47. The smallest absolute Gasteiger partial charge is 0.228 e. The van der Waals surface area contributed by atoms with Crippen molar-refractivity contribution in [3.8, 4) is 0 Å². The maximum absolute atomic E-state index is 12.7. The molecule has 7 heteroatoms. The van der Waals surface area contributed by atoms with E-state index in [1.54, 1.807) is 0 Å². The number of likely N-dealkylation sites (tertiary alicyclic amines) is 1. The molecule has 0 aliphatic carbocycles. The first kappa shape index (κ1) is 14.5. The first-order valence-electron chi connectivity index (χ1n) is 7.12. The topological polar surface area (TPSA) is 64.8 Å². The van der Waals surface area contributed by atoms with E-state index in [1.807, 2.05) is 24.2 Å². The first-order chi connectivity index (χ1) is 10.1. The number of thiazole rings is 1. The summed E-state index contributed by atoms with van der Waals surface area (Å²) in [4.78, 5) is 18.8. The maximum atomic E-state index is 12.7. The molecule has 1 amide bonds. The number of nitrogens with one attached hydrogen (secondary N) is 2. The minimum atomic E-state index is 0.150. The largest absolute Gasteiger partial charge is 0.341 e. The van der Waals surface area contributed by atoms with E-state index in [0.717, 1.165) is 45.9 Å². The average Bonchev–Trinajstić information content (AvgIpc) is 3.09. The SMILES string of the molecule is Cc1[nH]c(=S)sc1CC(=O)N1CCCCC1c1cn[nH]c1. The van der Waals surface area contributed by atoms with E-state index in [9.17, 15) is 4.79 Å². The second-order valence-electron chi connectivity index (χ2n) is 5.37. The minimum Gasteiger partial charge on any atom is -0.341 e. The first-order valence-corrected chi connectivity index (χ1v) is 8.34. The van der Waals surface area contributed by atoms with E-state index in [4.69, 9.17) is 12.2 Å². The zero-order chi connectivity index (χ0) is 14.8. The molecule has 1 aliphatic heterocycles. The van der Waals surface area contributed by atoms with Crippen LogP contribution in [0.2, 0.25) is 0 Å². The van der Waals surface area contributed by atoms with Gasteiger partial charge in [-0.05, 0) is 38.4 Å². The van der Waals surface area contributed by atoms with E-state index in [-0.39, 0.29) is 11.9 Å². The summed E-state index contributed by atoms with van der Waals surface area (Å²) in [7, 11) is 0. The Labute approximate surface area is 132 Å². The molecule has 3 heterocycles. The summed E-state index contributed by atoms with van der Waals surface area (Å²) in [5.74, 6) is 0.175. The highest BCUT2D eigenvalue weighted by Gasteiger charge is 2.28. The molecule has 0 radical (unpaired) electrons. The van der Waals surface area contributed by atoms with Crippen LogP contribution < -0.4 is 0 Å². The monoisotopic (exact) mass is 322 g/mol. The standard InChI is InChI=1S/C14H18N4OS2/c1-9-12(21-14(20)17-9)6-13(19)18-5-3-2-4-11(18)10-7-15-16-8-10/h7-8,11H,2-6H2,1H3,(H,15,16)(H,17,20). The Morgan fingerprint density at radius 2 is 2.43 bits per heavy atom. The van der Waals surface area contributed by atoms with Crippen LogP contribution in [-0.2, 0) is 11.2 Å². The van der Waals surface area contributed by atoms with Crippen molar-refractivity contribution in [1.82, 2.24) is 20.1 Å². The third kappa shape index (κ3) is 3.08. The molecule has 1 saturated heterocycles. The zero-order valence-electron chi connectivity index (χ0n) is 11.9. The van der Waals surface area contributed by atoms with Gasteiger partial charge in [0.1, 0.15) is 0 Å². The Morgan fingerprint density at radius 3 is 3.10 bits per heavy atom. The number of rotatable bonds is 3. The summed E-state index contributed by atoms with van der Waals surface area (Å²) >= 11 is 6.64. The summed E-state index contributed by atoms with van der Waals surface area (Å²) in [5, 5.41) is 6.86. The predicted octanol–water partition coefficient (Wildman–Crippen LogP) is 3.13. The van der Waals surface area contributed by atoms with Crippen LogP contribution in [0.3, 0.4) is 0 Å². The van der Waals surface area contributed by atoms with Gasteiger partial charge >= 0.3 is 0 Å². The Bertz CT molecular complexity index is 673. The van der Waals surface area contributed by atoms with Crippen molar-refractivity contribution in [1.29, 1.82) is 0 Å². The molecule has 0 saturated carbocycles. The maximum Gasteiger partial charge on any atom is 0.228 e. The lowest BCUT2D eigenvalue weighted by molar-refractivity contribution is -0.134. The number of nitrogens with zero attached hydrogens (tertiary/aromatic N) is 2. The van der Waals surface area contributed by atoms with Crippen molar-refractivity contribution >= 4 is 29.5 Å². The summed E-state index contributed by atoms with van der Waals surface area (Å²) in [5.41, 5.74) is 2.11. The van der Waals surface area contributed by atoms with E-state index < -0.39 is 0 Å². The number of carbonyl (C=O) groups is 1. The van der Waals surface area contributed by atoms with Crippen LogP contribution >= 0.6 is 23.6 Å². The highest BCUT2D eigenvalue weighted by Crippen LogP contribution is 2.31. The van der Waals surface area contributed by atoms with Gasteiger partial charge in [0.2, 0.25) is 5.91 Å². The number of aromatic amines is 2. The lowest BCUT2D eigenvalue weighted by atomic mass is 9.97. The molecule has 5 nitrogen and oxygen atoms in total. The number of hydrogen-bond acceptors (Lipinski definition) is 4. The van der Waals surface area contributed by atoms with Crippen LogP contribution in [-0.4, -0.2) is 32.5 Å². The van der Waals surface area contributed by atoms with Gasteiger partial charge in [-0.3, -0.25) is 9.89 Å². The summed E-state index contributed by atoms with van der Waals surface area (Å²) in [6.07, 6.45) is 7.37. The number of aryl methyl sites for hydroxylation is 1. The second kappa shape index (κ2) is 6.11. The fourth-order valence-corrected chi connectivity index (χ4v) is 4.15.